The van der Waals surface area contributed by atoms with Gasteiger partial charge in [0.2, 0.25) is 5.91 Å². The van der Waals surface area contributed by atoms with E-state index in [4.69, 9.17) is 4.74 Å². The Morgan fingerprint density at radius 3 is 2.48 bits per heavy atom. The molecule has 0 unspecified atom stereocenters. The molecule has 2 heterocycles. The van der Waals surface area contributed by atoms with Crippen molar-refractivity contribution in [2.45, 2.75) is 44.4 Å². The standard InChI is InChI=1S/C21H29N3O4S/c1-15(2)29-14-19(25)22-17-6-4-16(5-7-17)20(26)23-11-8-18(9-12-23)24-10-3-13-28-21(24)27/h4-7,15,18H,3,8-14H2,1-2H3,(H,22,25). The molecular weight excluding hydrogens is 390 g/mol. The van der Waals surface area contributed by atoms with E-state index in [-0.39, 0.29) is 23.9 Å². The molecular formula is C21H29N3O4S. The smallest absolute Gasteiger partial charge is 0.410 e. The summed E-state index contributed by atoms with van der Waals surface area (Å²) in [6.07, 6.45) is 2.17. The third kappa shape index (κ3) is 5.88. The number of likely N-dealkylation sites (tertiary alicyclic amines) is 1. The maximum Gasteiger partial charge on any atom is 0.410 e. The fourth-order valence-corrected chi connectivity index (χ4v) is 4.16. The molecule has 1 N–H and O–H groups in total. The van der Waals surface area contributed by atoms with Crippen molar-refractivity contribution in [3.63, 3.8) is 0 Å². The molecule has 0 spiro atoms. The second-order valence-corrected chi connectivity index (χ2v) is 9.23. The van der Waals surface area contributed by atoms with Crippen LogP contribution in [0.15, 0.2) is 24.3 Å². The monoisotopic (exact) mass is 419 g/mol. The van der Waals surface area contributed by atoms with Crippen molar-refractivity contribution in [3.05, 3.63) is 29.8 Å². The van der Waals surface area contributed by atoms with Crippen molar-refractivity contribution < 1.29 is 19.1 Å². The van der Waals surface area contributed by atoms with Gasteiger partial charge in [-0.15, -0.1) is 11.8 Å². The molecule has 2 aliphatic rings. The summed E-state index contributed by atoms with van der Waals surface area (Å²) in [5.41, 5.74) is 1.30. The average Bonchev–Trinajstić information content (AvgIpc) is 2.73. The maximum atomic E-state index is 12.8. The Labute approximate surface area is 176 Å². The Morgan fingerprint density at radius 1 is 1.17 bits per heavy atom. The first-order valence-electron chi connectivity index (χ1n) is 10.2. The lowest BCUT2D eigenvalue weighted by Crippen LogP contribution is -2.50. The highest BCUT2D eigenvalue weighted by Crippen LogP contribution is 2.22. The van der Waals surface area contributed by atoms with Crippen molar-refractivity contribution in [2.75, 3.05) is 37.3 Å². The second kappa shape index (κ2) is 10.0. The number of carbonyl (C=O) groups is 3. The average molecular weight is 420 g/mol. The first kappa shape index (κ1) is 21.5. The number of hydrogen-bond acceptors (Lipinski definition) is 5. The highest BCUT2D eigenvalue weighted by Gasteiger charge is 2.32. The molecule has 0 bridgehead atoms. The minimum atomic E-state index is -0.231. The molecule has 0 aromatic heterocycles. The molecule has 158 valence electrons. The zero-order chi connectivity index (χ0) is 20.8. The normalized spacial score (nSPS) is 18.0. The van der Waals surface area contributed by atoms with Gasteiger partial charge < -0.3 is 19.9 Å². The number of nitrogens with zero attached hydrogens (tertiary/aromatic N) is 2. The molecule has 3 amide bonds. The van der Waals surface area contributed by atoms with Gasteiger partial charge >= 0.3 is 6.09 Å². The number of anilines is 1. The molecule has 2 saturated heterocycles. The number of carbonyl (C=O) groups excluding carboxylic acids is 3. The van der Waals surface area contributed by atoms with Crippen molar-refractivity contribution in [1.29, 1.82) is 0 Å². The van der Waals surface area contributed by atoms with E-state index in [1.54, 1.807) is 40.9 Å². The van der Waals surface area contributed by atoms with Gasteiger partial charge in [-0.3, -0.25) is 9.59 Å². The van der Waals surface area contributed by atoms with Gasteiger partial charge in [-0.05, 0) is 48.8 Å². The molecule has 1 aromatic carbocycles. The molecule has 29 heavy (non-hydrogen) atoms. The molecule has 3 rings (SSSR count). The van der Waals surface area contributed by atoms with Crippen LogP contribution >= 0.6 is 11.8 Å². The number of benzene rings is 1. The van der Waals surface area contributed by atoms with Crippen LogP contribution < -0.4 is 5.32 Å². The lowest BCUT2D eigenvalue weighted by atomic mass is 10.0. The summed E-state index contributed by atoms with van der Waals surface area (Å²) < 4.78 is 5.13. The van der Waals surface area contributed by atoms with Crippen LogP contribution in [0, 0.1) is 0 Å². The summed E-state index contributed by atoms with van der Waals surface area (Å²) in [5.74, 6) is 0.358. The molecule has 0 radical (unpaired) electrons. The fraction of sp³-hybridized carbons (Fsp3) is 0.571. The highest BCUT2D eigenvalue weighted by molar-refractivity contribution is 8.00. The van der Waals surface area contributed by atoms with Crippen molar-refractivity contribution in [3.8, 4) is 0 Å². The van der Waals surface area contributed by atoms with Crippen molar-refractivity contribution in [1.82, 2.24) is 9.80 Å². The molecule has 0 saturated carbocycles. The number of ether oxygens (including phenoxy) is 1. The zero-order valence-corrected chi connectivity index (χ0v) is 17.9. The van der Waals surface area contributed by atoms with E-state index in [9.17, 15) is 14.4 Å². The lowest BCUT2D eigenvalue weighted by molar-refractivity contribution is -0.113. The molecule has 2 aliphatic heterocycles. The number of amides is 3. The highest BCUT2D eigenvalue weighted by atomic mass is 32.2. The van der Waals surface area contributed by atoms with Gasteiger partial charge in [-0.1, -0.05) is 13.8 Å². The molecule has 0 atom stereocenters. The van der Waals surface area contributed by atoms with Gasteiger partial charge in [0.25, 0.3) is 5.91 Å². The Kier molecular flexibility index (Phi) is 7.41. The van der Waals surface area contributed by atoms with Crippen molar-refractivity contribution in [2.24, 2.45) is 0 Å². The molecule has 0 aliphatic carbocycles. The van der Waals surface area contributed by atoms with Crippen LogP contribution in [0.25, 0.3) is 0 Å². The summed E-state index contributed by atoms with van der Waals surface area (Å²) >= 11 is 1.59. The summed E-state index contributed by atoms with van der Waals surface area (Å²) in [6, 6.07) is 7.18. The van der Waals surface area contributed by atoms with Gasteiger partial charge in [0, 0.05) is 36.9 Å². The minimum absolute atomic E-state index is 0.0158. The number of hydrogen-bond donors (Lipinski definition) is 1. The van der Waals surface area contributed by atoms with Crippen LogP contribution in [-0.2, 0) is 9.53 Å². The quantitative estimate of drug-likeness (QED) is 0.766. The summed E-state index contributed by atoms with van der Waals surface area (Å²) in [4.78, 5) is 40.3. The van der Waals surface area contributed by atoms with Crippen molar-refractivity contribution >= 4 is 35.4 Å². The van der Waals surface area contributed by atoms with E-state index in [0.717, 1.165) is 25.8 Å². The van der Waals surface area contributed by atoms with Crippen LogP contribution in [0.4, 0.5) is 10.5 Å². The van der Waals surface area contributed by atoms with Crippen LogP contribution in [0.5, 0.6) is 0 Å². The number of rotatable bonds is 6. The summed E-state index contributed by atoms with van der Waals surface area (Å²) in [6.45, 7) is 6.59. The van der Waals surface area contributed by atoms with E-state index in [2.05, 4.69) is 19.2 Å². The number of thioether (sulfide) groups is 1. The molecule has 2 fully saturated rings. The maximum absolute atomic E-state index is 12.8. The largest absolute Gasteiger partial charge is 0.449 e. The number of nitrogens with one attached hydrogen (secondary N) is 1. The number of piperidine rings is 1. The predicted molar refractivity (Wildman–Crippen MR) is 114 cm³/mol. The Morgan fingerprint density at radius 2 is 1.86 bits per heavy atom. The van der Waals surface area contributed by atoms with Gasteiger partial charge in [0.15, 0.2) is 0 Å². The van der Waals surface area contributed by atoms with Crippen LogP contribution in [-0.4, -0.2) is 71.0 Å². The second-order valence-electron chi connectivity index (χ2n) is 7.67. The first-order valence-corrected chi connectivity index (χ1v) is 11.2. The van der Waals surface area contributed by atoms with E-state index in [0.29, 0.717) is 42.0 Å². The van der Waals surface area contributed by atoms with E-state index in [1.807, 2.05) is 4.90 Å². The zero-order valence-electron chi connectivity index (χ0n) is 17.1. The third-order valence-electron chi connectivity index (χ3n) is 5.16. The van der Waals surface area contributed by atoms with Crippen LogP contribution in [0.3, 0.4) is 0 Å². The van der Waals surface area contributed by atoms with Gasteiger partial charge in [0.05, 0.1) is 12.4 Å². The summed E-state index contributed by atoms with van der Waals surface area (Å²) in [5, 5.41) is 3.26. The Balaban J connectivity index is 1.49. The number of cyclic esters (lactones) is 1. The minimum Gasteiger partial charge on any atom is -0.449 e. The van der Waals surface area contributed by atoms with Crippen LogP contribution in [0.2, 0.25) is 0 Å². The van der Waals surface area contributed by atoms with E-state index in [1.165, 1.54) is 0 Å². The molecule has 1 aromatic rings. The Bertz CT molecular complexity index is 730. The topological polar surface area (TPSA) is 79.0 Å². The predicted octanol–water partition coefficient (Wildman–Crippen LogP) is 3.21. The third-order valence-corrected chi connectivity index (χ3v) is 6.25. The SMILES string of the molecule is CC(C)SCC(=O)Nc1ccc(C(=O)N2CCC(N3CCCOC3=O)CC2)cc1. The van der Waals surface area contributed by atoms with Gasteiger partial charge in [-0.25, -0.2) is 4.79 Å². The first-order chi connectivity index (χ1) is 13.9. The van der Waals surface area contributed by atoms with Crippen LogP contribution in [0.1, 0.15) is 43.5 Å². The lowest BCUT2D eigenvalue weighted by Gasteiger charge is -2.39. The summed E-state index contributed by atoms with van der Waals surface area (Å²) in [7, 11) is 0. The molecule has 7 nitrogen and oxygen atoms in total. The fourth-order valence-electron chi connectivity index (χ4n) is 3.60. The Hall–Kier alpha value is -2.22. The van der Waals surface area contributed by atoms with E-state index >= 15 is 0 Å². The van der Waals surface area contributed by atoms with E-state index < -0.39 is 0 Å². The molecule has 8 heteroatoms. The van der Waals surface area contributed by atoms with Gasteiger partial charge in [-0.2, -0.15) is 0 Å². The van der Waals surface area contributed by atoms with Gasteiger partial charge in [0.1, 0.15) is 0 Å².